The largest absolute Gasteiger partial charge is 0.486 e. The zero-order valence-electron chi connectivity index (χ0n) is 14.5. The lowest BCUT2D eigenvalue weighted by atomic mass is 10.1. The Morgan fingerprint density at radius 3 is 2.78 bits per heavy atom. The number of aromatic nitrogens is 2. The van der Waals surface area contributed by atoms with Gasteiger partial charge >= 0.3 is 0 Å². The van der Waals surface area contributed by atoms with E-state index in [1.54, 1.807) is 16.9 Å². The van der Waals surface area contributed by atoms with Gasteiger partial charge in [-0.3, -0.25) is 4.79 Å². The molecule has 2 heterocycles. The first-order valence-electron chi connectivity index (χ1n) is 8.62. The smallest absolute Gasteiger partial charge is 0.229 e. The molecule has 0 unspecified atom stereocenters. The lowest BCUT2D eigenvalue weighted by Gasteiger charge is -2.18. The fourth-order valence-electron chi connectivity index (χ4n) is 2.92. The molecule has 4 rings (SSSR count). The van der Waals surface area contributed by atoms with Gasteiger partial charge in [-0.05, 0) is 29.3 Å². The number of benzene rings is 2. The van der Waals surface area contributed by atoms with Crippen LogP contribution in [0.15, 0.2) is 59.2 Å². The molecule has 7 heteroatoms. The molecule has 0 bridgehead atoms. The van der Waals surface area contributed by atoms with Crippen LogP contribution < -0.4 is 14.8 Å². The maximum absolute atomic E-state index is 12.5. The van der Waals surface area contributed by atoms with E-state index < -0.39 is 0 Å². The van der Waals surface area contributed by atoms with Gasteiger partial charge in [-0.1, -0.05) is 40.2 Å². The summed E-state index contributed by atoms with van der Waals surface area (Å²) in [5, 5.41) is 7.25. The number of carbonyl (C=O) groups excluding carboxylic acids is 1. The molecule has 1 amide bonds. The Morgan fingerprint density at radius 1 is 1.11 bits per heavy atom. The van der Waals surface area contributed by atoms with E-state index in [9.17, 15) is 4.79 Å². The molecule has 0 saturated heterocycles. The topological polar surface area (TPSA) is 65.4 Å². The minimum atomic E-state index is -0.111. The molecule has 0 radical (unpaired) electrons. The second-order valence-electron chi connectivity index (χ2n) is 6.17. The van der Waals surface area contributed by atoms with E-state index in [1.165, 1.54) is 0 Å². The molecule has 6 nitrogen and oxygen atoms in total. The lowest BCUT2D eigenvalue weighted by Crippen LogP contribution is -2.19. The summed E-state index contributed by atoms with van der Waals surface area (Å²) in [4.78, 5) is 12.5. The molecule has 0 aliphatic carbocycles. The number of halogens is 1. The van der Waals surface area contributed by atoms with Gasteiger partial charge < -0.3 is 14.8 Å². The summed E-state index contributed by atoms with van der Waals surface area (Å²) in [6.45, 7) is 1.64. The molecular formula is C20H18BrN3O3. The number of hydrogen-bond donors (Lipinski definition) is 1. The second kappa shape index (κ2) is 7.84. The van der Waals surface area contributed by atoms with Crippen molar-refractivity contribution in [2.45, 2.75) is 13.0 Å². The van der Waals surface area contributed by atoms with Crippen LogP contribution in [-0.4, -0.2) is 28.9 Å². The molecule has 0 spiro atoms. The molecule has 3 aromatic rings. The molecular weight excluding hydrogens is 410 g/mol. The Kier molecular flexibility index (Phi) is 5.11. The van der Waals surface area contributed by atoms with Gasteiger partial charge in [0.2, 0.25) is 5.91 Å². The van der Waals surface area contributed by atoms with Crippen molar-refractivity contribution in [3.63, 3.8) is 0 Å². The van der Waals surface area contributed by atoms with Crippen LogP contribution in [0.3, 0.4) is 0 Å². The van der Waals surface area contributed by atoms with Crippen LogP contribution >= 0.6 is 15.9 Å². The highest BCUT2D eigenvalue weighted by molar-refractivity contribution is 9.10. The number of nitrogens with one attached hydrogen (secondary N) is 1. The predicted molar refractivity (Wildman–Crippen MR) is 105 cm³/mol. The summed E-state index contributed by atoms with van der Waals surface area (Å²) in [7, 11) is 0. The highest BCUT2D eigenvalue weighted by Gasteiger charge is 2.14. The fourth-order valence-corrected chi connectivity index (χ4v) is 3.33. The molecule has 0 saturated carbocycles. The van der Waals surface area contributed by atoms with Gasteiger partial charge in [0.15, 0.2) is 11.5 Å². The second-order valence-corrected chi connectivity index (χ2v) is 7.02. The molecule has 138 valence electrons. The third-order valence-electron chi connectivity index (χ3n) is 4.23. The maximum Gasteiger partial charge on any atom is 0.229 e. The van der Waals surface area contributed by atoms with Crippen molar-refractivity contribution in [3.05, 3.63) is 70.3 Å². The van der Waals surface area contributed by atoms with Gasteiger partial charge in [0.25, 0.3) is 0 Å². The lowest BCUT2D eigenvalue weighted by molar-refractivity contribution is -0.115. The minimum absolute atomic E-state index is 0.111. The van der Waals surface area contributed by atoms with Gasteiger partial charge in [0.1, 0.15) is 19.0 Å². The Bertz CT molecular complexity index is 971. The Balaban J connectivity index is 1.43. The molecule has 0 fully saturated rings. The maximum atomic E-state index is 12.5. The van der Waals surface area contributed by atoms with Gasteiger partial charge in [-0.25, -0.2) is 4.68 Å². The van der Waals surface area contributed by atoms with E-state index in [4.69, 9.17) is 9.47 Å². The Morgan fingerprint density at radius 2 is 1.93 bits per heavy atom. The van der Waals surface area contributed by atoms with Gasteiger partial charge in [0, 0.05) is 10.5 Å². The van der Waals surface area contributed by atoms with E-state index in [1.807, 2.05) is 42.5 Å². The number of fused-ring (bicyclic) bond motifs is 1. The molecule has 27 heavy (non-hydrogen) atoms. The van der Waals surface area contributed by atoms with E-state index in [0.717, 1.165) is 21.3 Å². The first kappa shape index (κ1) is 17.6. The van der Waals surface area contributed by atoms with E-state index >= 15 is 0 Å². The Hall–Kier alpha value is -2.80. The van der Waals surface area contributed by atoms with Crippen LogP contribution in [0.25, 0.3) is 0 Å². The molecule has 1 aromatic heterocycles. The van der Waals surface area contributed by atoms with Crippen LogP contribution in [0.5, 0.6) is 11.5 Å². The number of carbonyl (C=O) groups is 1. The van der Waals surface area contributed by atoms with Crippen molar-refractivity contribution < 1.29 is 14.3 Å². The first-order chi connectivity index (χ1) is 13.2. The van der Waals surface area contributed by atoms with E-state index in [0.29, 0.717) is 31.3 Å². The minimum Gasteiger partial charge on any atom is -0.486 e. The number of ether oxygens (including phenoxy) is 2. The van der Waals surface area contributed by atoms with Crippen molar-refractivity contribution in [3.8, 4) is 11.5 Å². The first-order valence-corrected chi connectivity index (χ1v) is 9.42. The van der Waals surface area contributed by atoms with E-state index in [2.05, 4.69) is 26.3 Å². The third kappa shape index (κ3) is 4.14. The number of amides is 1. The molecule has 1 aliphatic heterocycles. The summed E-state index contributed by atoms with van der Waals surface area (Å²) in [5.74, 6) is 1.95. The zero-order valence-corrected chi connectivity index (χ0v) is 16.1. The zero-order chi connectivity index (χ0) is 18.6. The molecule has 0 atom stereocenters. The average molecular weight is 428 g/mol. The molecule has 2 aromatic carbocycles. The monoisotopic (exact) mass is 427 g/mol. The van der Waals surface area contributed by atoms with Crippen molar-refractivity contribution in [2.75, 3.05) is 18.5 Å². The van der Waals surface area contributed by atoms with Crippen molar-refractivity contribution in [2.24, 2.45) is 0 Å². The summed E-state index contributed by atoms with van der Waals surface area (Å²) >= 11 is 3.54. The highest BCUT2D eigenvalue weighted by Crippen LogP contribution is 2.31. The third-order valence-corrected chi connectivity index (χ3v) is 5.01. The molecule has 1 aliphatic rings. The van der Waals surface area contributed by atoms with Gasteiger partial charge in [-0.2, -0.15) is 5.10 Å². The normalized spacial score (nSPS) is 12.6. The SMILES string of the molecule is O=C(Cc1ccc2c(c1)OCCO2)Nc1ccnn1Cc1ccccc1Br. The van der Waals surface area contributed by atoms with Crippen molar-refractivity contribution in [1.82, 2.24) is 9.78 Å². The number of hydrogen-bond acceptors (Lipinski definition) is 4. The van der Waals surface area contributed by atoms with Crippen LogP contribution in [-0.2, 0) is 17.8 Å². The highest BCUT2D eigenvalue weighted by atomic mass is 79.9. The summed E-state index contributed by atoms with van der Waals surface area (Å²) in [5.41, 5.74) is 1.96. The summed E-state index contributed by atoms with van der Waals surface area (Å²) in [6, 6.07) is 15.3. The number of rotatable bonds is 5. The number of nitrogens with zero attached hydrogens (tertiary/aromatic N) is 2. The average Bonchev–Trinajstić information content (AvgIpc) is 3.10. The van der Waals surface area contributed by atoms with Crippen LogP contribution in [0, 0.1) is 0 Å². The van der Waals surface area contributed by atoms with Crippen molar-refractivity contribution in [1.29, 1.82) is 0 Å². The number of anilines is 1. The van der Waals surface area contributed by atoms with Crippen LogP contribution in [0.2, 0.25) is 0 Å². The van der Waals surface area contributed by atoms with Crippen LogP contribution in [0.1, 0.15) is 11.1 Å². The quantitative estimate of drug-likeness (QED) is 0.674. The summed E-state index contributed by atoms with van der Waals surface area (Å²) < 4.78 is 13.9. The van der Waals surface area contributed by atoms with Crippen LogP contribution in [0.4, 0.5) is 5.82 Å². The Labute approximate surface area is 165 Å². The van der Waals surface area contributed by atoms with Crippen molar-refractivity contribution >= 4 is 27.7 Å². The predicted octanol–water partition coefficient (Wildman–Crippen LogP) is 3.65. The standard InChI is InChI=1S/C20H18BrN3O3/c21-16-4-2-1-3-15(16)13-24-19(7-8-22-24)23-20(25)12-14-5-6-17-18(11-14)27-10-9-26-17/h1-8,11H,9-10,12-13H2,(H,23,25). The van der Waals surface area contributed by atoms with Gasteiger partial charge in [0.05, 0.1) is 19.2 Å². The summed E-state index contributed by atoms with van der Waals surface area (Å²) in [6.07, 6.45) is 1.92. The van der Waals surface area contributed by atoms with E-state index in [-0.39, 0.29) is 12.3 Å². The van der Waals surface area contributed by atoms with Gasteiger partial charge in [-0.15, -0.1) is 0 Å². The fraction of sp³-hybridized carbons (Fsp3) is 0.200. The molecule has 1 N–H and O–H groups in total.